The van der Waals surface area contributed by atoms with E-state index in [2.05, 4.69) is 40.0 Å². The molecule has 0 spiro atoms. The first kappa shape index (κ1) is 17.1. The van der Waals surface area contributed by atoms with E-state index in [0.29, 0.717) is 11.9 Å². The van der Waals surface area contributed by atoms with Crippen molar-refractivity contribution in [2.45, 2.75) is 50.6 Å². The molecule has 1 aromatic carbocycles. The molecule has 27 heavy (non-hydrogen) atoms. The Hall–Kier alpha value is -2.05. The topological polar surface area (TPSA) is 51.1 Å². The molecule has 3 heterocycles. The van der Waals surface area contributed by atoms with Gasteiger partial charge in [0.25, 0.3) is 0 Å². The number of aromatic nitrogens is 3. The summed E-state index contributed by atoms with van der Waals surface area (Å²) in [6.07, 6.45) is 8.87. The molecule has 0 amide bonds. The molecule has 1 aliphatic carbocycles. The number of likely N-dealkylation sites (tertiary alicyclic amines) is 1. The van der Waals surface area contributed by atoms with Crippen LogP contribution in [0.25, 0.3) is 21.3 Å². The molecular weight excluding hydrogens is 356 g/mol. The number of fused-ring (bicyclic) bond motifs is 1. The fourth-order valence-electron chi connectivity index (χ4n) is 4.43. The maximum Gasteiger partial charge on any atom is 0.316 e. The molecule has 6 heteroatoms. The van der Waals surface area contributed by atoms with Crippen LogP contribution < -0.4 is 4.74 Å². The summed E-state index contributed by atoms with van der Waals surface area (Å²) in [7, 11) is 1.58. The molecule has 1 aliphatic heterocycles. The second-order valence-electron chi connectivity index (χ2n) is 7.74. The Labute approximate surface area is 163 Å². The van der Waals surface area contributed by atoms with Crippen LogP contribution in [0.3, 0.4) is 0 Å². The minimum absolute atomic E-state index is 0.395. The first-order valence-electron chi connectivity index (χ1n) is 9.74. The van der Waals surface area contributed by atoms with Crippen molar-refractivity contribution in [3.05, 3.63) is 35.6 Å². The standard InChI is InChI=1S/C21H24N4OS/c1-13-4-3-7-25(13)17-8-15(9-17)20-24-18-6-5-14(10-19(18)27-20)16-11-22-21(26-2)23-12-16/h5-6,10-13,15,17H,3-4,7-9H2,1-2H3/t13-,15-,17-/m0/s1. The van der Waals surface area contributed by atoms with Crippen LogP contribution in [0.5, 0.6) is 6.01 Å². The Morgan fingerprint density at radius 2 is 1.96 bits per heavy atom. The van der Waals surface area contributed by atoms with Gasteiger partial charge < -0.3 is 4.74 Å². The third-order valence-electron chi connectivity index (χ3n) is 6.08. The highest BCUT2D eigenvalue weighted by Crippen LogP contribution is 2.44. The van der Waals surface area contributed by atoms with Gasteiger partial charge >= 0.3 is 6.01 Å². The lowest BCUT2D eigenvalue weighted by atomic mass is 9.79. The van der Waals surface area contributed by atoms with E-state index in [1.165, 1.54) is 41.9 Å². The summed E-state index contributed by atoms with van der Waals surface area (Å²) in [6.45, 7) is 3.66. The predicted octanol–water partition coefficient (Wildman–Crippen LogP) is 4.49. The van der Waals surface area contributed by atoms with Gasteiger partial charge in [0.15, 0.2) is 0 Å². The predicted molar refractivity (Wildman–Crippen MR) is 108 cm³/mol. The number of rotatable bonds is 4. The summed E-state index contributed by atoms with van der Waals surface area (Å²) in [6, 6.07) is 8.36. The van der Waals surface area contributed by atoms with Gasteiger partial charge in [0.2, 0.25) is 0 Å². The summed E-state index contributed by atoms with van der Waals surface area (Å²) in [4.78, 5) is 16.1. The molecule has 5 rings (SSSR count). The lowest BCUT2D eigenvalue weighted by Crippen LogP contribution is -2.45. The largest absolute Gasteiger partial charge is 0.467 e. The van der Waals surface area contributed by atoms with Crippen LogP contribution in [0.15, 0.2) is 30.6 Å². The number of methoxy groups -OCH3 is 1. The second-order valence-corrected chi connectivity index (χ2v) is 8.81. The Kier molecular flexibility index (Phi) is 4.32. The minimum Gasteiger partial charge on any atom is -0.467 e. The van der Waals surface area contributed by atoms with Gasteiger partial charge in [0.05, 0.1) is 22.3 Å². The first-order chi connectivity index (χ1) is 13.2. The van der Waals surface area contributed by atoms with Crippen molar-refractivity contribution in [1.29, 1.82) is 0 Å². The Morgan fingerprint density at radius 3 is 2.67 bits per heavy atom. The Bertz CT molecular complexity index is 948. The Morgan fingerprint density at radius 1 is 1.15 bits per heavy atom. The fourth-order valence-corrected chi connectivity index (χ4v) is 5.56. The molecule has 5 nitrogen and oxygen atoms in total. The lowest BCUT2D eigenvalue weighted by molar-refractivity contribution is 0.103. The lowest BCUT2D eigenvalue weighted by Gasteiger charge is -2.42. The monoisotopic (exact) mass is 380 g/mol. The zero-order chi connectivity index (χ0) is 18.4. The van der Waals surface area contributed by atoms with Crippen molar-refractivity contribution >= 4 is 21.6 Å². The van der Waals surface area contributed by atoms with E-state index < -0.39 is 0 Å². The molecule has 1 atom stereocenters. The van der Waals surface area contributed by atoms with Gasteiger partial charge in [-0.25, -0.2) is 15.0 Å². The Balaban J connectivity index is 1.34. The molecule has 2 aliphatic rings. The summed E-state index contributed by atoms with van der Waals surface area (Å²) in [5, 5.41) is 1.30. The van der Waals surface area contributed by atoms with Gasteiger partial charge in [-0.2, -0.15) is 0 Å². The van der Waals surface area contributed by atoms with Crippen LogP contribution in [0.4, 0.5) is 0 Å². The maximum absolute atomic E-state index is 5.04. The molecule has 0 radical (unpaired) electrons. The summed E-state index contributed by atoms with van der Waals surface area (Å²) in [5.41, 5.74) is 3.23. The minimum atomic E-state index is 0.395. The molecule has 0 N–H and O–H groups in total. The number of hydrogen-bond acceptors (Lipinski definition) is 6. The first-order valence-corrected chi connectivity index (χ1v) is 10.6. The molecule has 0 unspecified atom stereocenters. The summed E-state index contributed by atoms with van der Waals surface area (Å²) < 4.78 is 6.29. The van der Waals surface area contributed by atoms with Crippen molar-refractivity contribution in [2.75, 3.05) is 13.7 Å². The highest BCUT2D eigenvalue weighted by atomic mass is 32.1. The van der Waals surface area contributed by atoms with Crippen molar-refractivity contribution in [3.8, 4) is 17.1 Å². The van der Waals surface area contributed by atoms with Crippen molar-refractivity contribution in [1.82, 2.24) is 19.9 Å². The normalized spacial score (nSPS) is 25.6. The van der Waals surface area contributed by atoms with Crippen molar-refractivity contribution in [3.63, 3.8) is 0 Å². The zero-order valence-corrected chi connectivity index (χ0v) is 16.6. The zero-order valence-electron chi connectivity index (χ0n) is 15.8. The van der Waals surface area contributed by atoms with Crippen LogP contribution in [-0.2, 0) is 0 Å². The highest BCUT2D eigenvalue weighted by molar-refractivity contribution is 7.18. The van der Waals surface area contributed by atoms with Gasteiger partial charge in [0, 0.05) is 36.0 Å². The van der Waals surface area contributed by atoms with Gasteiger partial charge in [-0.05, 0) is 56.8 Å². The molecule has 140 valence electrons. The van der Waals surface area contributed by atoms with E-state index in [0.717, 1.165) is 28.7 Å². The van der Waals surface area contributed by atoms with Crippen LogP contribution in [-0.4, -0.2) is 45.6 Å². The second kappa shape index (κ2) is 6.84. The highest BCUT2D eigenvalue weighted by Gasteiger charge is 2.39. The van der Waals surface area contributed by atoms with Gasteiger partial charge in [0.1, 0.15) is 0 Å². The van der Waals surface area contributed by atoms with E-state index in [1.807, 2.05) is 23.7 Å². The smallest absolute Gasteiger partial charge is 0.316 e. The van der Waals surface area contributed by atoms with E-state index in [-0.39, 0.29) is 0 Å². The van der Waals surface area contributed by atoms with Crippen LogP contribution in [0, 0.1) is 0 Å². The number of benzene rings is 1. The molecule has 0 bridgehead atoms. The summed E-state index contributed by atoms with van der Waals surface area (Å²) >= 11 is 1.85. The molecular formula is C21H24N4OS. The van der Waals surface area contributed by atoms with Crippen molar-refractivity contribution in [2.24, 2.45) is 0 Å². The maximum atomic E-state index is 5.04. The van der Waals surface area contributed by atoms with Crippen LogP contribution in [0.1, 0.15) is 43.5 Å². The average Bonchev–Trinajstić information content (AvgIpc) is 3.26. The van der Waals surface area contributed by atoms with E-state index in [9.17, 15) is 0 Å². The van der Waals surface area contributed by atoms with Gasteiger partial charge in [-0.3, -0.25) is 4.90 Å². The summed E-state index contributed by atoms with van der Waals surface area (Å²) in [5.74, 6) is 0.632. The number of nitrogens with zero attached hydrogens (tertiary/aromatic N) is 4. The molecule has 1 saturated carbocycles. The van der Waals surface area contributed by atoms with E-state index >= 15 is 0 Å². The number of hydrogen-bond donors (Lipinski definition) is 0. The SMILES string of the molecule is COc1ncc(-c2ccc3nc([C@H]4C[C@H](N5CCC[C@@H]5C)C4)sc3c2)cn1. The number of thiazole rings is 1. The van der Waals surface area contributed by atoms with Crippen molar-refractivity contribution < 1.29 is 4.74 Å². The fraction of sp³-hybridized carbons (Fsp3) is 0.476. The van der Waals surface area contributed by atoms with Crippen LogP contribution >= 0.6 is 11.3 Å². The van der Waals surface area contributed by atoms with Gasteiger partial charge in [-0.15, -0.1) is 11.3 Å². The third kappa shape index (κ3) is 3.11. The molecule has 2 aromatic heterocycles. The molecule has 2 fully saturated rings. The van der Waals surface area contributed by atoms with Crippen LogP contribution in [0.2, 0.25) is 0 Å². The number of ether oxygens (including phenoxy) is 1. The molecule has 1 saturated heterocycles. The third-order valence-corrected chi connectivity index (χ3v) is 7.27. The quantitative estimate of drug-likeness (QED) is 0.667. The molecule has 3 aromatic rings. The van der Waals surface area contributed by atoms with E-state index in [1.54, 1.807) is 7.11 Å². The van der Waals surface area contributed by atoms with E-state index in [4.69, 9.17) is 9.72 Å². The average molecular weight is 381 g/mol. The van der Waals surface area contributed by atoms with Gasteiger partial charge in [-0.1, -0.05) is 6.07 Å².